The van der Waals surface area contributed by atoms with Gasteiger partial charge in [0.25, 0.3) is 5.91 Å². The summed E-state index contributed by atoms with van der Waals surface area (Å²) >= 11 is 0. The lowest BCUT2D eigenvalue weighted by atomic mass is 9.89. The summed E-state index contributed by atoms with van der Waals surface area (Å²) in [4.78, 5) is 11.7. The van der Waals surface area contributed by atoms with Crippen LogP contribution < -0.4 is 5.32 Å². The highest BCUT2D eigenvalue weighted by atomic mass is 19.4. The van der Waals surface area contributed by atoms with Crippen LogP contribution in [0.3, 0.4) is 0 Å². The van der Waals surface area contributed by atoms with Crippen molar-refractivity contribution in [2.24, 2.45) is 0 Å². The molecule has 1 amide bonds. The quantitative estimate of drug-likeness (QED) is 0.813. The van der Waals surface area contributed by atoms with E-state index in [-0.39, 0.29) is 6.04 Å². The molecule has 19 heavy (non-hydrogen) atoms. The molecule has 1 aliphatic rings. The summed E-state index contributed by atoms with van der Waals surface area (Å²) in [5.41, 5.74) is -1.72. The van der Waals surface area contributed by atoms with E-state index in [2.05, 4.69) is 5.32 Å². The predicted octanol–water partition coefficient (Wildman–Crippen LogP) is 2.10. The smallest absolute Gasteiger partial charge is 0.393 e. The maximum atomic E-state index is 13.4. The number of carbonyl (C=O) groups excluding carboxylic acids is 1. The van der Waals surface area contributed by atoms with Gasteiger partial charge in [-0.2, -0.15) is 13.2 Å². The van der Waals surface area contributed by atoms with Crippen molar-refractivity contribution in [1.82, 2.24) is 5.32 Å². The first-order chi connectivity index (χ1) is 8.77. The molecule has 0 atom stereocenters. The number of carbonyl (C=O) groups is 1. The summed E-state index contributed by atoms with van der Waals surface area (Å²) in [6, 6.07) is 1.36. The Morgan fingerprint density at radius 2 is 1.95 bits per heavy atom. The zero-order valence-corrected chi connectivity index (χ0v) is 9.67. The van der Waals surface area contributed by atoms with Crippen LogP contribution in [0.1, 0.15) is 28.8 Å². The van der Waals surface area contributed by atoms with Gasteiger partial charge in [-0.05, 0) is 31.0 Å². The van der Waals surface area contributed by atoms with Gasteiger partial charge in [0, 0.05) is 6.04 Å². The zero-order valence-electron chi connectivity index (χ0n) is 9.67. The first kappa shape index (κ1) is 13.8. The van der Waals surface area contributed by atoms with Crippen molar-refractivity contribution in [3.05, 3.63) is 35.1 Å². The number of nitrogens with one attached hydrogen (secondary N) is 1. The number of amides is 1. The minimum Gasteiger partial charge on any atom is -0.393 e. The molecule has 0 bridgehead atoms. The Labute approximate surface area is 106 Å². The van der Waals surface area contributed by atoms with Gasteiger partial charge in [-0.1, -0.05) is 0 Å². The molecular weight excluding hydrogens is 266 g/mol. The lowest BCUT2D eigenvalue weighted by Gasteiger charge is -2.32. The summed E-state index contributed by atoms with van der Waals surface area (Å²) in [5, 5.41) is 11.4. The van der Waals surface area contributed by atoms with Crippen LogP contribution in [-0.4, -0.2) is 23.2 Å². The second kappa shape index (κ2) is 4.80. The Kier molecular flexibility index (Phi) is 3.49. The molecule has 0 heterocycles. The second-order valence-corrected chi connectivity index (χ2v) is 4.49. The van der Waals surface area contributed by atoms with Crippen LogP contribution in [0.5, 0.6) is 0 Å². The van der Waals surface area contributed by atoms with Gasteiger partial charge in [0.15, 0.2) is 0 Å². The van der Waals surface area contributed by atoms with Crippen molar-refractivity contribution in [2.45, 2.75) is 31.2 Å². The number of halogens is 4. The number of hydrogen-bond acceptors (Lipinski definition) is 2. The molecule has 1 aromatic rings. The summed E-state index contributed by atoms with van der Waals surface area (Å²) < 4.78 is 50.8. The van der Waals surface area contributed by atoms with Crippen LogP contribution in [-0.2, 0) is 6.18 Å². The van der Waals surface area contributed by atoms with Crippen LogP contribution in [0, 0.1) is 5.82 Å². The van der Waals surface area contributed by atoms with Gasteiger partial charge in [-0.3, -0.25) is 4.79 Å². The van der Waals surface area contributed by atoms with E-state index in [0.717, 1.165) is 0 Å². The minimum atomic E-state index is -4.63. The first-order valence-electron chi connectivity index (χ1n) is 5.63. The summed E-state index contributed by atoms with van der Waals surface area (Å²) in [7, 11) is 0. The number of alkyl halides is 3. The van der Waals surface area contributed by atoms with E-state index in [9.17, 15) is 22.4 Å². The molecule has 0 spiro atoms. The molecule has 2 rings (SSSR count). The van der Waals surface area contributed by atoms with E-state index < -0.39 is 35.1 Å². The zero-order chi connectivity index (χ0) is 14.2. The molecule has 0 aromatic heterocycles. The van der Waals surface area contributed by atoms with Crippen LogP contribution >= 0.6 is 0 Å². The summed E-state index contributed by atoms with van der Waals surface area (Å²) in [6.45, 7) is 0. The molecule has 1 aliphatic carbocycles. The van der Waals surface area contributed by atoms with Crippen molar-refractivity contribution in [1.29, 1.82) is 0 Å². The monoisotopic (exact) mass is 277 g/mol. The normalized spacial score (nSPS) is 22.8. The van der Waals surface area contributed by atoms with Crippen LogP contribution in [0.25, 0.3) is 0 Å². The van der Waals surface area contributed by atoms with Gasteiger partial charge in [-0.25, -0.2) is 4.39 Å². The molecule has 1 fully saturated rings. The maximum Gasteiger partial charge on any atom is 0.416 e. The molecule has 0 aliphatic heterocycles. The van der Waals surface area contributed by atoms with Crippen molar-refractivity contribution < 1.29 is 27.5 Å². The molecule has 104 valence electrons. The van der Waals surface area contributed by atoms with Crippen molar-refractivity contribution in [3.63, 3.8) is 0 Å². The van der Waals surface area contributed by atoms with Crippen LogP contribution in [0.4, 0.5) is 17.6 Å². The lowest BCUT2D eigenvalue weighted by molar-refractivity contribution is -0.137. The lowest BCUT2D eigenvalue weighted by Crippen LogP contribution is -2.46. The molecule has 3 nitrogen and oxygen atoms in total. The Bertz CT molecular complexity index is 495. The maximum absolute atomic E-state index is 13.4. The van der Waals surface area contributed by atoms with Gasteiger partial charge in [0.2, 0.25) is 0 Å². The number of benzene rings is 1. The summed E-state index contributed by atoms with van der Waals surface area (Å²) in [5.74, 6) is -1.91. The van der Waals surface area contributed by atoms with E-state index in [1.807, 2.05) is 0 Å². The van der Waals surface area contributed by atoms with Crippen LogP contribution in [0.2, 0.25) is 0 Å². The van der Waals surface area contributed by atoms with Gasteiger partial charge >= 0.3 is 6.18 Å². The standard InChI is InChI=1S/C12H11F4NO2/c13-10-2-1-6(12(14,15)16)3-9(10)11(19)17-7-4-8(18)5-7/h1-3,7-8,18H,4-5H2,(H,17,19). The highest BCUT2D eigenvalue weighted by Crippen LogP contribution is 2.30. The molecule has 0 radical (unpaired) electrons. The Morgan fingerprint density at radius 3 is 2.47 bits per heavy atom. The topological polar surface area (TPSA) is 49.3 Å². The van der Waals surface area contributed by atoms with E-state index in [4.69, 9.17) is 5.11 Å². The van der Waals surface area contributed by atoms with Gasteiger partial charge in [0.05, 0.1) is 17.2 Å². The third-order valence-corrected chi connectivity index (χ3v) is 2.99. The molecule has 0 unspecified atom stereocenters. The van der Waals surface area contributed by atoms with E-state index in [1.165, 1.54) is 0 Å². The molecular formula is C12H11F4NO2. The van der Waals surface area contributed by atoms with Gasteiger partial charge < -0.3 is 10.4 Å². The van der Waals surface area contributed by atoms with E-state index in [0.29, 0.717) is 31.0 Å². The molecule has 2 N–H and O–H groups in total. The third-order valence-electron chi connectivity index (χ3n) is 2.99. The molecule has 1 aromatic carbocycles. The number of aliphatic hydroxyl groups is 1. The predicted molar refractivity (Wildman–Crippen MR) is 57.9 cm³/mol. The van der Waals surface area contributed by atoms with Crippen molar-refractivity contribution in [2.75, 3.05) is 0 Å². The first-order valence-corrected chi connectivity index (χ1v) is 5.63. The molecule has 1 saturated carbocycles. The SMILES string of the molecule is O=C(NC1CC(O)C1)c1cc(C(F)(F)F)ccc1F. The van der Waals surface area contributed by atoms with Crippen molar-refractivity contribution >= 4 is 5.91 Å². The van der Waals surface area contributed by atoms with Crippen molar-refractivity contribution in [3.8, 4) is 0 Å². The highest BCUT2D eigenvalue weighted by molar-refractivity contribution is 5.95. The fourth-order valence-corrected chi connectivity index (χ4v) is 1.84. The largest absolute Gasteiger partial charge is 0.416 e. The minimum absolute atomic E-state index is 0.323. The van der Waals surface area contributed by atoms with E-state index in [1.54, 1.807) is 0 Å². The number of hydrogen-bond donors (Lipinski definition) is 2. The van der Waals surface area contributed by atoms with Crippen LogP contribution in [0.15, 0.2) is 18.2 Å². The Morgan fingerprint density at radius 1 is 1.32 bits per heavy atom. The van der Waals surface area contributed by atoms with Gasteiger partial charge in [-0.15, -0.1) is 0 Å². The fraction of sp³-hybridized carbons (Fsp3) is 0.417. The fourth-order valence-electron chi connectivity index (χ4n) is 1.84. The third kappa shape index (κ3) is 3.04. The summed E-state index contributed by atoms with van der Waals surface area (Å²) in [6.07, 6.45) is -4.50. The average Bonchev–Trinajstić information content (AvgIpc) is 2.25. The Balaban J connectivity index is 2.16. The molecule has 7 heteroatoms. The average molecular weight is 277 g/mol. The second-order valence-electron chi connectivity index (χ2n) is 4.49. The molecule has 0 saturated heterocycles. The van der Waals surface area contributed by atoms with E-state index >= 15 is 0 Å². The number of aliphatic hydroxyl groups excluding tert-OH is 1. The van der Waals surface area contributed by atoms with Gasteiger partial charge in [0.1, 0.15) is 5.82 Å². The number of rotatable bonds is 2. The highest BCUT2D eigenvalue weighted by Gasteiger charge is 2.33. The Hall–Kier alpha value is -1.63.